The van der Waals surface area contributed by atoms with E-state index in [1.807, 2.05) is 11.9 Å². The number of nitrogens with one attached hydrogen (secondary N) is 1. The zero-order valence-corrected chi connectivity index (χ0v) is 12.6. The molecule has 3 heterocycles. The summed E-state index contributed by atoms with van der Waals surface area (Å²) in [5, 5.41) is 3.65. The van der Waals surface area contributed by atoms with Crippen molar-refractivity contribution in [3.63, 3.8) is 0 Å². The van der Waals surface area contributed by atoms with Crippen molar-refractivity contribution in [2.45, 2.75) is 57.0 Å². The van der Waals surface area contributed by atoms with Gasteiger partial charge in [0.1, 0.15) is 0 Å². The lowest BCUT2D eigenvalue weighted by Gasteiger charge is -2.31. The number of nitrogens with zero attached hydrogens (tertiary/aromatic N) is 1. The maximum Gasteiger partial charge on any atom is 0.222 e. The normalized spacial score (nSPS) is 36.9. The molecule has 0 aromatic rings. The van der Waals surface area contributed by atoms with Crippen LogP contribution in [-0.4, -0.2) is 49.7 Å². The summed E-state index contributed by atoms with van der Waals surface area (Å²) in [6, 6.07) is 1.37. The summed E-state index contributed by atoms with van der Waals surface area (Å²) >= 11 is 0. The topological polar surface area (TPSA) is 41.6 Å². The third kappa shape index (κ3) is 3.53. The molecule has 0 aliphatic carbocycles. The molecule has 3 aliphatic rings. The minimum Gasteiger partial charge on any atom is -0.381 e. The molecule has 3 rings (SSSR count). The highest BCUT2D eigenvalue weighted by atomic mass is 16.5. The SMILES string of the molecule is CN(CC1CCCOC1)C(=O)CC1CC2CCC(C1)N2. The Balaban J connectivity index is 1.43. The lowest BCUT2D eigenvalue weighted by Crippen LogP contribution is -2.41. The summed E-state index contributed by atoms with van der Waals surface area (Å²) in [5.41, 5.74) is 0. The summed E-state index contributed by atoms with van der Waals surface area (Å²) in [5.74, 6) is 1.48. The van der Waals surface area contributed by atoms with E-state index in [-0.39, 0.29) is 0 Å². The van der Waals surface area contributed by atoms with E-state index in [9.17, 15) is 4.79 Å². The van der Waals surface area contributed by atoms with Crippen molar-refractivity contribution in [1.82, 2.24) is 10.2 Å². The number of rotatable bonds is 4. The summed E-state index contributed by atoms with van der Waals surface area (Å²) in [7, 11) is 1.96. The van der Waals surface area contributed by atoms with Gasteiger partial charge >= 0.3 is 0 Å². The van der Waals surface area contributed by atoms with Crippen molar-refractivity contribution >= 4 is 5.91 Å². The minimum absolute atomic E-state index is 0.335. The van der Waals surface area contributed by atoms with E-state index in [1.54, 1.807) is 0 Å². The second-order valence-corrected chi connectivity index (χ2v) is 7.04. The van der Waals surface area contributed by atoms with Gasteiger partial charge in [-0.25, -0.2) is 0 Å². The molecule has 3 atom stereocenters. The second-order valence-electron chi connectivity index (χ2n) is 7.04. The number of amides is 1. The number of hydrogen-bond acceptors (Lipinski definition) is 3. The Morgan fingerprint density at radius 2 is 1.95 bits per heavy atom. The number of fused-ring (bicyclic) bond motifs is 2. The van der Waals surface area contributed by atoms with Crippen molar-refractivity contribution in [2.24, 2.45) is 11.8 Å². The molecule has 0 radical (unpaired) electrons. The predicted molar refractivity (Wildman–Crippen MR) is 78.5 cm³/mol. The van der Waals surface area contributed by atoms with Gasteiger partial charge in [-0.05, 0) is 50.4 Å². The van der Waals surface area contributed by atoms with E-state index in [1.165, 1.54) is 32.1 Å². The first-order chi connectivity index (χ1) is 9.70. The van der Waals surface area contributed by atoms with Gasteiger partial charge in [-0.2, -0.15) is 0 Å². The summed E-state index contributed by atoms with van der Waals surface area (Å²) < 4.78 is 5.50. The molecule has 3 aliphatic heterocycles. The molecule has 2 bridgehead atoms. The Morgan fingerprint density at radius 3 is 2.60 bits per heavy atom. The first-order valence-corrected chi connectivity index (χ1v) is 8.28. The second kappa shape index (κ2) is 6.44. The Labute approximate surface area is 122 Å². The maximum atomic E-state index is 12.4. The van der Waals surface area contributed by atoms with Gasteiger partial charge in [0, 0.05) is 38.7 Å². The zero-order chi connectivity index (χ0) is 13.9. The predicted octanol–water partition coefficient (Wildman–Crippen LogP) is 1.79. The highest BCUT2D eigenvalue weighted by molar-refractivity contribution is 5.76. The van der Waals surface area contributed by atoms with E-state index in [4.69, 9.17) is 4.74 Å². The van der Waals surface area contributed by atoms with Crippen LogP contribution in [-0.2, 0) is 9.53 Å². The van der Waals surface area contributed by atoms with Gasteiger partial charge in [-0.1, -0.05) is 0 Å². The van der Waals surface area contributed by atoms with E-state index >= 15 is 0 Å². The van der Waals surface area contributed by atoms with Gasteiger partial charge in [-0.3, -0.25) is 4.79 Å². The maximum absolute atomic E-state index is 12.4. The first-order valence-electron chi connectivity index (χ1n) is 8.28. The molecule has 0 aromatic carbocycles. The fourth-order valence-electron chi connectivity index (χ4n) is 4.19. The first kappa shape index (κ1) is 14.3. The van der Waals surface area contributed by atoms with Crippen molar-refractivity contribution in [3.8, 4) is 0 Å². The van der Waals surface area contributed by atoms with E-state index in [2.05, 4.69) is 5.32 Å². The molecular weight excluding hydrogens is 252 g/mol. The van der Waals surface area contributed by atoms with Crippen LogP contribution in [0.15, 0.2) is 0 Å². The average molecular weight is 280 g/mol. The molecule has 20 heavy (non-hydrogen) atoms. The van der Waals surface area contributed by atoms with Gasteiger partial charge in [0.15, 0.2) is 0 Å². The summed E-state index contributed by atoms with van der Waals surface area (Å²) in [4.78, 5) is 14.3. The monoisotopic (exact) mass is 280 g/mol. The molecule has 1 N–H and O–H groups in total. The molecule has 3 saturated heterocycles. The molecule has 3 unspecified atom stereocenters. The smallest absolute Gasteiger partial charge is 0.222 e. The standard InChI is InChI=1S/C16H28N2O2/c1-18(10-12-3-2-6-20-11-12)16(19)9-13-7-14-4-5-15(8-13)17-14/h12-15,17H,2-11H2,1H3. The highest BCUT2D eigenvalue weighted by Gasteiger charge is 2.34. The van der Waals surface area contributed by atoms with E-state index in [0.717, 1.165) is 32.6 Å². The van der Waals surface area contributed by atoms with Crippen LogP contribution in [0.25, 0.3) is 0 Å². The van der Waals surface area contributed by atoms with Crippen molar-refractivity contribution in [3.05, 3.63) is 0 Å². The molecule has 4 heteroatoms. The van der Waals surface area contributed by atoms with Gasteiger partial charge in [-0.15, -0.1) is 0 Å². The van der Waals surface area contributed by atoms with Crippen LogP contribution in [0.3, 0.4) is 0 Å². The summed E-state index contributed by atoms with van der Waals surface area (Å²) in [6.07, 6.45) is 8.11. The molecular formula is C16H28N2O2. The van der Waals surface area contributed by atoms with Gasteiger partial charge < -0.3 is 15.0 Å². The minimum atomic E-state index is 0.335. The largest absolute Gasteiger partial charge is 0.381 e. The molecule has 4 nitrogen and oxygen atoms in total. The lowest BCUT2D eigenvalue weighted by atomic mass is 9.89. The Kier molecular flexibility index (Phi) is 4.61. The van der Waals surface area contributed by atoms with Crippen molar-refractivity contribution in [2.75, 3.05) is 26.8 Å². The van der Waals surface area contributed by atoms with Crippen LogP contribution in [0.1, 0.15) is 44.9 Å². The number of carbonyl (C=O) groups excluding carboxylic acids is 1. The number of piperidine rings is 1. The van der Waals surface area contributed by atoms with Crippen LogP contribution in [0.5, 0.6) is 0 Å². The average Bonchev–Trinajstić information content (AvgIpc) is 2.79. The molecule has 0 aromatic heterocycles. The van der Waals surface area contributed by atoms with E-state index in [0.29, 0.717) is 29.8 Å². The van der Waals surface area contributed by atoms with E-state index < -0.39 is 0 Å². The molecule has 1 amide bonds. The third-order valence-electron chi connectivity index (χ3n) is 5.25. The van der Waals surface area contributed by atoms with Crippen LogP contribution < -0.4 is 5.32 Å². The molecule has 0 saturated carbocycles. The van der Waals surface area contributed by atoms with Crippen molar-refractivity contribution < 1.29 is 9.53 Å². The molecule has 0 spiro atoms. The highest BCUT2D eigenvalue weighted by Crippen LogP contribution is 2.33. The van der Waals surface area contributed by atoms with Crippen LogP contribution in [0, 0.1) is 11.8 Å². The lowest BCUT2D eigenvalue weighted by molar-refractivity contribution is -0.132. The fraction of sp³-hybridized carbons (Fsp3) is 0.938. The number of carbonyl (C=O) groups is 1. The Hall–Kier alpha value is -0.610. The molecule has 3 fully saturated rings. The van der Waals surface area contributed by atoms with Gasteiger partial charge in [0.25, 0.3) is 0 Å². The van der Waals surface area contributed by atoms with Gasteiger partial charge in [0.2, 0.25) is 5.91 Å². The third-order valence-corrected chi connectivity index (χ3v) is 5.25. The van der Waals surface area contributed by atoms with Crippen LogP contribution >= 0.6 is 0 Å². The Bertz CT molecular complexity index is 329. The van der Waals surface area contributed by atoms with Crippen molar-refractivity contribution in [1.29, 1.82) is 0 Å². The van der Waals surface area contributed by atoms with Crippen LogP contribution in [0.4, 0.5) is 0 Å². The fourth-order valence-corrected chi connectivity index (χ4v) is 4.19. The molecule has 114 valence electrons. The van der Waals surface area contributed by atoms with Gasteiger partial charge in [0.05, 0.1) is 6.61 Å². The Morgan fingerprint density at radius 1 is 1.20 bits per heavy atom. The zero-order valence-electron chi connectivity index (χ0n) is 12.6. The number of ether oxygens (including phenoxy) is 1. The number of hydrogen-bond donors (Lipinski definition) is 1. The quantitative estimate of drug-likeness (QED) is 0.853. The summed E-state index contributed by atoms with van der Waals surface area (Å²) in [6.45, 7) is 2.60. The van der Waals surface area contributed by atoms with Crippen LogP contribution in [0.2, 0.25) is 0 Å².